The average Bonchev–Trinajstić information content (AvgIpc) is 2.30. The third-order valence-electron chi connectivity index (χ3n) is 2.48. The predicted molar refractivity (Wildman–Crippen MR) is 71.1 cm³/mol. The monoisotopic (exact) mass is 250 g/mol. The lowest BCUT2D eigenvalue weighted by atomic mass is 9.98. The van der Waals surface area contributed by atoms with Gasteiger partial charge in [-0.3, -0.25) is 0 Å². The summed E-state index contributed by atoms with van der Waals surface area (Å²) in [7, 11) is 0. The lowest BCUT2D eigenvalue weighted by Crippen LogP contribution is -1.96. The third-order valence-corrected chi connectivity index (χ3v) is 2.78. The molecule has 82 valence electrons. The van der Waals surface area contributed by atoms with Gasteiger partial charge in [-0.1, -0.05) is 54.6 Å². The van der Waals surface area contributed by atoms with Crippen molar-refractivity contribution < 1.29 is 0 Å². The Morgan fingerprint density at radius 2 is 1.44 bits per heavy atom. The second-order valence-electron chi connectivity index (χ2n) is 3.62. The van der Waals surface area contributed by atoms with E-state index in [0.29, 0.717) is 6.42 Å². The summed E-state index contributed by atoms with van der Waals surface area (Å²) in [5, 5.41) is 0. The van der Waals surface area contributed by atoms with E-state index < -0.39 is 0 Å². The highest BCUT2D eigenvalue weighted by atomic mass is 35.5. The fourth-order valence-corrected chi connectivity index (χ4v) is 2.10. The Balaban J connectivity index is 2.41. The van der Waals surface area contributed by atoms with Gasteiger partial charge in [-0.05, 0) is 16.7 Å². The first-order chi connectivity index (χ1) is 7.77. The molecule has 0 radical (unpaired) electrons. The standard InChI is InChI=1S/C14H12Cl2/c15-14(16)10-12-8-4-5-9-13(12)11-6-2-1-3-7-11/h1-9,14H,10H2. The van der Waals surface area contributed by atoms with Crippen molar-refractivity contribution in [2.75, 3.05) is 0 Å². The van der Waals surface area contributed by atoms with Crippen LogP contribution in [-0.4, -0.2) is 4.84 Å². The molecule has 0 spiro atoms. The van der Waals surface area contributed by atoms with Gasteiger partial charge < -0.3 is 0 Å². The molecule has 0 aliphatic heterocycles. The van der Waals surface area contributed by atoms with Crippen molar-refractivity contribution in [2.24, 2.45) is 0 Å². The number of hydrogen-bond acceptors (Lipinski definition) is 0. The molecule has 0 heterocycles. The van der Waals surface area contributed by atoms with Crippen LogP contribution in [0.2, 0.25) is 0 Å². The van der Waals surface area contributed by atoms with Crippen molar-refractivity contribution in [3.63, 3.8) is 0 Å². The number of alkyl halides is 2. The summed E-state index contributed by atoms with van der Waals surface area (Å²) in [5.41, 5.74) is 3.59. The summed E-state index contributed by atoms with van der Waals surface area (Å²) in [6, 6.07) is 18.5. The molecule has 0 nitrogen and oxygen atoms in total. The fourth-order valence-electron chi connectivity index (χ4n) is 1.76. The molecule has 0 saturated carbocycles. The van der Waals surface area contributed by atoms with E-state index in [9.17, 15) is 0 Å². The van der Waals surface area contributed by atoms with Crippen LogP contribution in [0.4, 0.5) is 0 Å². The molecule has 2 heteroatoms. The van der Waals surface area contributed by atoms with E-state index in [0.717, 1.165) is 0 Å². The molecule has 0 amide bonds. The Morgan fingerprint density at radius 3 is 2.12 bits per heavy atom. The Morgan fingerprint density at radius 1 is 0.812 bits per heavy atom. The van der Waals surface area contributed by atoms with Crippen molar-refractivity contribution in [3.8, 4) is 11.1 Å². The maximum Gasteiger partial charge on any atom is 0.111 e. The van der Waals surface area contributed by atoms with Gasteiger partial charge in [0, 0.05) is 6.42 Å². The van der Waals surface area contributed by atoms with Crippen molar-refractivity contribution in [1.82, 2.24) is 0 Å². The van der Waals surface area contributed by atoms with E-state index in [1.165, 1.54) is 16.7 Å². The number of benzene rings is 2. The van der Waals surface area contributed by atoms with Crippen LogP contribution < -0.4 is 0 Å². The normalized spacial score (nSPS) is 10.7. The smallest absolute Gasteiger partial charge is 0.105 e. The molecule has 0 aliphatic carbocycles. The van der Waals surface area contributed by atoms with Gasteiger partial charge in [0.2, 0.25) is 0 Å². The Labute approximate surface area is 106 Å². The highest BCUT2D eigenvalue weighted by molar-refractivity contribution is 6.44. The van der Waals surface area contributed by atoms with Crippen LogP contribution in [0.15, 0.2) is 54.6 Å². The minimum absolute atomic E-state index is 0.357. The van der Waals surface area contributed by atoms with Gasteiger partial charge in [0.15, 0.2) is 0 Å². The molecular formula is C14H12Cl2. The van der Waals surface area contributed by atoms with Crippen LogP contribution in [0.1, 0.15) is 5.56 Å². The van der Waals surface area contributed by atoms with Gasteiger partial charge in [-0.15, -0.1) is 23.2 Å². The summed E-state index contributed by atoms with van der Waals surface area (Å²) in [4.78, 5) is -0.357. The van der Waals surface area contributed by atoms with Crippen molar-refractivity contribution in [3.05, 3.63) is 60.2 Å². The van der Waals surface area contributed by atoms with Crippen molar-refractivity contribution in [2.45, 2.75) is 11.3 Å². The third kappa shape index (κ3) is 2.78. The predicted octanol–water partition coefficient (Wildman–Crippen LogP) is 4.70. The summed E-state index contributed by atoms with van der Waals surface area (Å²) < 4.78 is 0. The average molecular weight is 251 g/mol. The van der Waals surface area contributed by atoms with E-state index in [2.05, 4.69) is 24.3 Å². The van der Waals surface area contributed by atoms with Gasteiger partial charge in [0.25, 0.3) is 0 Å². The molecule has 0 unspecified atom stereocenters. The van der Waals surface area contributed by atoms with Crippen LogP contribution in [0.25, 0.3) is 11.1 Å². The zero-order valence-corrected chi connectivity index (χ0v) is 10.2. The Hall–Kier alpha value is -0.980. The van der Waals surface area contributed by atoms with Gasteiger partial charge in [0.05, 0.1) is 0 Å². The Bertz CT molecular complexity index is 449. The largest absolute Gasteiger partial charge is 0.111 e. The molecule has 0 atom stereocenters. The zero-order valence-electron chi connectivity index (χ0n) is 8.74. The highest BCUT2D eigenvalue weighted by Crippen LogP contribution is 2.25. The van der Waals surface area contributed by atoms with Crippen molar-refractivity contribution in [1.29, 1.82) is 0 Å². The first-order valence-corrected chi connectivity index (χ1v) is 6.06. The molecule has 2 aromatic carbocycles. The van der Waals surface area contributed by atoms with Gasteiger partial charge in [0.1, 0.15) is 4.84 Å². The SMILES string of the molecule is ClC(Cl)Cc1ccccc1-c1ccccc1. The minimum atomic E-state index is -0.357. The molecule has 0 saturated heterocycles. The maximum absolute atomic E-state index is 5.84. The van der Waals surface area contributed by atoms with Gasteiger partial charge >= 0.3 is 0 Å². The number of rotatable bonds is 3. The lowest BCUT2D eigenvalue weighted by Gasteiger charge is -2.09. The zero-order chi connectivity index (χ0) is 11.4. The number of halogens is 2. The summed E-state index contributed by atoms with van der Waals surface area (Å²) >= 11 is 11.7. The van der Waals surface area contributed by atoms with Crippen LogP contribution in [0.3, 0.4) is 0 Å². The topological polar surface area (TPSA) is 0 Å². The van der Waals surface area contributed by atoms with Gasteiger partial charge in [-0.25, -0.2) is 0 Å². The molecule has 2 rings (SSSR count). The van der Waals surface area contributed by atoms with E-state index in [1.54, 1.807) is 0 Å². The molecule has 2 aromatic rings. The quantitative estimate of drug-likeness (QED) is 0.693. The maximum atomic E-state index is 5.84. The lowest BCUT2D eigenvalue weighted by molar-refractivity contribution is 1.09. The first kappa shape index (κ1) is 11.5. The fraction of sp³-hybridized carbons (Fsp3) is 0.143. The second-order valence-corrected chi connectivity index (χ2v) is 4.90. The van der Waals surface area contributed by atoms with E-state index in [-0.39, 0.29) is 4.84 Å². The molecule has 16 heavy (non-hydrogen) atoms. The molecule has 0 fully saturated rings. The minimum Gasteiger partial charge on any atom is -0.105 e. The molecule has 0 aliphatic rings. The highest BCUT2D eigenvalue weighted by Gasteiger charge is 2.07. The summed E-state index contributed by atoms with van der Waals surface area (Å²) in [5.74, 6) is 0. The van der Waals surface area contributed by atoms with Crippen molar-refractivity contribution >= 4 is 23.2 Å². The molecule has 0 aromatic heterocycles. The van der Waals surface area contributed by atoms with Crippen LogP contribution >= 0.6 is 23.2 Å². The summed E-state index contributed by atoms with van der Waals surface area (Å²) in [6.07, 6.45) is 0.675. The van der Waals surface area contributed by atoms with Crippen LogP contribution in [-0.2, 0) is 6.42 Å². The second kappa shape index (κ2) is 5.38. The van der Waals surface area contributed by atoms with Crippen LogP contribution in [0.5, 0.6) is 0 Å². The van der Waals surface area contributed by atoms with Gasteiger partial charge in [-0.2, -0.15) is 0 Å². The molecular weight excluding hydrogens is 239 g/mol. The molecule has 0 bridgehead atoms. The summed E-state index contributed by atoms with van der Waals surface area (Å²) in [6.45, 7) is 0. The first-order valence-electron chi connectivity index (χ1n) is 5.19. The van der Waals surface area contributed by atoms with E-state index >= 15 is 0 Å². The van der Waals surface area contributed by atoms with Crippen LogP contribution in [0, 0.1) is 0 Å². The van der Waals surface area contributed by atoms with E-state index in [4.69, 9.17) is 23.2 Å². The Kier molecular flexibility index (Phi) is 3.87. The molecule has 0 N–H and O–H groups in total. The number of hydrogen-bond donors (Lipinski definition) is 0. The van der Waals surface area contributed by atoms with E-state index in [1.807, 2.05) is 30.3 Å².